The first kappa shape index (κ1) is 13.9. The predicted molar refractivity (Wildman–Crippen MR) is 79.9 cm³/mol. The van der Waals surface area contributed by atoms with Gasteiger partial charge in [-0.2, -0.15) is 5.10 Å². The minimum absolute atomic E-state index is 0.0263. The van der Waals surface area contributed by atoms with Gasteiger partial charge in [0.05, 0.1) is 5.69 Å². The van der Waals surface area contributed by atoms with Crippen LogP contribution in [-0.4, -0.2) is 49.9 Å². The maximum atomic E-state index is 12.6. The molecular formula is C14H17N7O2. The van der Waals surface area contributed by atoms with Crippen molar-refractivity contribution in [3.63, 3.8) is 0 Å². The molecule has 0 spiro atoms. The molecule has 120 valence electrons. The molecule has 1 unspecified atom stereocenters. The first-order valence-corrected chi connectivity index (χ1v) is 7.65. The van der Waals surface area contributed by atoms with Gasteiger partial charge in [0.15, 0.2) is 0 Å². The number of carbonyl (C=O) groups is 2. The number of hydrogen-bond donors (Lipinski definition) is 2. The first-order chi connectivity index (χ1) is 11.1. The summed E-state index contributed by atoms with van der Waals surface area (Å²) in [5.41, 5.74) is 1.06. The molecular weight excluding hydrogens is 298 g/mol. The Morgan fingerprint density at radius 1 is 1.39 bits per heavy atom. The summed E-state index contributed by atoms with van der Waals surface area (Å²) in [5, 5.41) is 13.5. The third-order valence-electron chi connectivity index (χ3n) is 4.30. The molecule has 0 bridgehead atoms. The summed E-state index contributed by atoms with van der Waals surface area (Å²) in [6.45, 7) is 0.580. The number of likely N-dealkylation sites (N-methyl/N-ethyl adjacent to an activating group) is 1. The Balaban J connectivity index is 1.53. The highest BCUT2D eigenvalue weighted by Gasteiger charge is 2.33. The molecule has 1 fully saturated rings. The Bertz CT molecular complexity index is 747. The summed E-state index contributed by atoms with van der Waals surface area (Å²) in [4.78, 5) is 30.0. The fourth-order valence-corrected chi connectivity index (χ4v) is 2.84. The summed E-state index contributed by atoms with van der Waals surface area (Å²) in [5.74, 6) is 0.732. The minimum Gasteiger partial charge on any atom is -0.337 e. The topological polar surface area (TPSA) is 109 Å². The van der Waals surface area contributed by atoms with Crippen molar-refractivity contribution in [2.75, 3.05) is 11.9 Å². The molecule has 0 aromatic carbocycles. The second-order valence-electron chi connectivity index (χ2n) is 5.96. The molecule has 2 aromatic rings. The van der Waals surface area contributed by atoms with Crippen molar-refractivity contribution in [2.45, 2.75) is 37.8 Å². The van der Waals surface area contributed by atoms with E-state index in [1.165, 1.54) is 19.2 Å². The number of nitrogens with zero attached hydrogens (tertiary/aromatic N) is 5. The number of rotatable bonds is 3. The van der Waals surface area contributed by atoms with Crippen LogP contribution in [0.15, 0.2) is 12.4 Å². The molecule has 2 aromatic heterocycles. The van der Waals surface area contributed by atoms with Gasteiger partial charge >= 0.3 is 0 Å². The van der Waals surface area contributed by atoms with Gasteiger partial charge in [-0.15, -0.1) is 5.10 Å². The monoisotopic (exact) mass is 315 g/mol. The van der Waals surface area contributed by atoms with Crippen LogP contribution in [0.1, 0.15) is 41.5 Å². The van der Waals surface area contributed by atoms with Gasteiger partial charge in [-0.1, -0.05) is 0 Å². The Hall–Kier alpha value is -2.71. The van der Waals surface area contributed by atoms with Crippen LogP contribution in [0.4, 0.5) is 5.82 Å². The first-order valence-electron chi connectivity index (χ1n) is 7.65. The normalized spacial score (nSPS) is 21.0. The van der Waals surface area contributed by atoms with E-state index in [4.69, 9.17) is 0 Å². The van der Waals surface area contributed by atoms with Crippen LogP contribution in [0.3, 0.4) is 0 Å². The zero-order chi connectivity index (χ0) is 16.0. The van der Waals surface area contributed by atoms with Gasteiger partial charge in [0.25, 0.3) is 11.8 Å². The molecule has 1 saturated carbocycles. The van der Waals surface area contributed by atoms with Gasteiger partial charge in [0.1, 0.15) is 18.2 Å². The Labute approximate surface area is 132 Å². The molecule has 9 heteroatoms. The van der Waals surface area contributed by atoms with Gasteiger partial charge in [0, 0.05) is 25.6 Å². The zero-order valence-corrected chi connectivity index (χ0v) is 12.7. The van der Waals surface area contributed by atoms with E-state index in [-0.39, 0.29) is 11.7 Å². The molecule has 0 saturated heterocycles. The van der Waals surface area contributed by atoms with E-state index in [1.54, 1.807) is 11.9 Å². The maximum Gasteiger partial charge on any atom is 0.291 e. The van der Waals surface area contributed by atoms with Gasteiger partial charge in [-0.3, -0.25) is 19.6 Å². The van der Waals surface area contributed by atoms with E-state index >= 15 is 0 Å². The Kier molecular flexibility index (Phi) is 3.14. The van der Waals surface area contributed by atoms with Crippen LogP contribution >= 0.6 is 0 Å². The Morgan fingerprint density at radius 3 is 2.91 bits per heavy atom. The summed E-state index contributed by atoms with van der Waals surface area (Å²) < 4.78 is 1.85. The van der Waals surface area contributed by atoms with E-state index < -0.39 is 11.9 Å². The maximum absolute atomic E-state index is 12.6. The number of amides is 2. The molecule has 1 atom stereocenters. The fourth-order valence-electron chi connectivity index (χ4n) is 2.84. The number of aromatic amines is 1. The number of nitrogens with one attached hydrogen (secondary N) is 2. The SMILES string of the molecule is CN1C(=O)C(NC(=O)c2nc[nH]n2)CCn2nc(C3CC3)cc21. The third-order valence-corrected chi connectivity index (χ3v) is 4.30. The van der Waals surface area contributed by atoms with Crippen LogP contribution in [0.5, 0.6) is 0 Å². The van der Waals surface area contributed by atoms with Crippen LogP contribution in [0, 0.1) is 0 Å². The zero-order valence-electron chi connectivity index (χ0n) is 12.7. The molecule has 2 aliphatic rings. The van der Waals surface area contributed by atoms with Crippen molar-refractivity contribution >= 4 is 17.6 Å². The molecule has 2 N–H and O–H groups in total. The highest BCUT2D eigenvalue weighted by atomic mass is 16.2. The van der Waals surface area contributed by atoms with Gasteiger partial charge in [-0.25, -0.2) is 9.67 Å². The van der Waals surface area contributed by atoms with Crippen LogP contribution in [0.2, 0.25) is 0 Å². The highest BCUT2D eigenvalue weighted by Crippen LogP contribution is 2.40. The quantitative estimate of drug-likeness (QED) is 0.831. The fraction of sp³-hybridized carbons (Fsp3) is 0.500. The van der Waals surface area contributed by atoms with E-state index in [9.17, 15) is 9.59 Å². The molecule has 2 amide bonds. The molecule has 9 nitrogen and oxygen atoms in total. The molecule has 1 aliphatic heterocycles. The number of aromatic nitrogens is 5. The number of fused-ring (bicyclic) bond motifs is 1. The third kappa shape index (κ3) is 2.47. The number of carbonyl (C=O) groups excluding carboxylic acids is 2. The smallest absolute Gasteiger partial charge is 0.291 e. The van der Waals surface area contributed by atoms with Crippen molar-refractivity contribution in [3.8, 4) is 0 Å². The lowest BCUT2D eigenvalue weighted by Gasteiger charge is -2.19. The van der Waals surface area contributed by atoms with Gasteiger partial charge < -0.3 is 5.32 Å². The van der Waals surface area contributed by atoms with Crippen LogP contribution in [-0.2, 0) is 11.3 Å². The van der Waals surface area contributed by atoms with Gasteiger partial charge in [0.2, 0.25) is 5.82 Å². The average molecular weight is 315 g/mol. The molecule has 1 aliphatic carbocycles. The van der Waals surface area contributed by atoms with Gasteiger partial charge in [-0.05, 0) is 19.3 Å². The molecule has 3 heterocycles. The van der Waals surface area contributed by atoms with E-state index in [0.717, 1.165) is 11.5 Å². The average Bonchev–Trinajstić information content (AvgIpc) is 3.12. The van der Waals surface area contributed by atoms with E-state index in [2.05, 4.69) is 25.6 Å². The van der Waals surface area contributed by atoms with Crippen LogP contribution < -0.4 is 10.2 Å². The second-order valence-corrected chi connectivity index (χ2v) is 5.96. The lowest BCUT2D eigenvalue weighted by atomic mass is 10.2. The number of anilines is 1. The lowest BCUT2D eigenvalue weighted by molar-refractivity contribution is -0.120. The summed E-state index contributed by atoms with van der Waals surface area (Å²) >= 11 is 0. The number of H-pyrrole nitrogens is 1. The number of hydrogen-bond acceptors (Lipinski definition) is 5. The summed E-state index contributed by atoms with van der Waals surface area (Å²) in [6, 6.07) is 1.37. The van der Waals surface area contributed by atoms with E-state index in [1.807, 2.05) is 10.7 Å². The van der Waals surface area contributed by atoms with Crippen molar-refractivity contribution in [3.05, 3.63) is 23.9 Å². The Morgan fingerprint density at radius 2 is 2.22 bits per heavy atom. The predicted octanol–water partition coefficient (Wildman–Crippen LogP) is 0.0437. The van der Waals surface area contributed by atoms with Crippen LogP contribution in [0.25, 0.3) is 0 Å². The largest absolute Gasteiger partial charge is 0.337 e. The second kappa shape index (κ2) is 5.18. The summed E-state index contributed by atoms with van der Waals surface area (Å²) in [6.07, 6.45) is 4.15. The highest BCUT2D eigenvalue weighted by molar-refractivity contribution is 6.00. The van der Waals surface area contributed by atoms with Crippen molar-refractivity contribution < 1.29 is 9.59 Å². The molecule has 0 radical (unpaired) electrons. The van der Waals surface area contributed by atoms with Crippen molar-refractivity contribution in [1.29, 1.82) is 0 Å². The van der Waals surface area contributed by atoms with Crippen molar-refractivity contribution in [2.24, 2.45) is 0 Å². The van der Waals surface area contributed by atoms with E-state index in [0.29, 0.717) is 18.9 Å². The molecule has 23 heavy (non-hydrogen) atoms. The standard InChI is InChI=1S/C14H17N7O2/c1-20-11-6-10(8-2-3-8)19-21(11)5-4-9(14(20)23)17-13(22)12-15-7-16-18-12/h6-9H,2-5H2,1H3,(H,17,22)(H,15,16,18). The minimum atomic E-state index is -0.614. The lowest BCUT2D eigenvalue weighted by Crippen LogP contribution is -2.47. The molecule has 4 rings (SSSR count). The summed E-state index contributed by atoms with van der Waals surface area (Å²) in [7, 11) is 1.71. The van der Waals surface area contributed by atoms with Crippen molar-refractivity contribution in [1.82, 2.24) is 30.3 Å². The number of aryl methyl sites for hydroxylation is 1.